The Labute approximate surface area is 150 Å². The number of ether oxygens (including phenoxy) is 1. The first-order chi connectivity index (χ1) is 11.5. The van der Waals surface area contributed by atoms with Gasteiger partial charge in [0.25, 0.3) is 0 Å². The summed E-state index contributed by atoms with van der Waals surface area (Å²) in [6.07, 6.45) is 0.909. The van der Waals surface area contributed by atoms with Crippen molar-refractivity contribution < 1.29 is 14.3 Å². The lowest BCUT2D eigenvalue weighted by molar-refractivity contribution is -0.145. The van der Waals surface area contributed by atoms with Crippen molar-refractivity contribution in [2.45, 2.75) is 39.3 Å². The summed E-state index contributed by atoms with van der Waals surface area (Å²) in [6.45, 7) is 3.58. The lowest BCUT2D eigenvalue weighted by Crippen LogP contribution is -2.28. The van der Waals surface area contributed by atoms with Gasteiger partial charge >= 0.3 is 5.97 Å². The largest absolute Gasteiger partial charge is 0.459 e. The van der Waals surface area contributed by atoms with Gasteiger partial charge in [-0.15, -0.1) is 11.3 Å². The van der Waals surface area contributed by atoms with E-state index in [2.05, 4.69) is 10.3 Å². The summed E-state index contributed by atoms with van der Waals surface area (Å²) in [5.41, 5.74) is 1.54. The van der Waals surface area contributed by atoms with Gasteiger partial charge in [0.2, 0.25) is 5.91 Å². The summed E-state index contributed by atoms with van der Waals surface area (Å²) in [6, 6.07) is 6.56. The third-order valence-electron chi connectivity index (χ3n) is 3.30. The van der Waals surface area contributed by atoms with Crippen LogP contribution in [0.25, 0.3) is 0 Å². The average molecular weight is 367 g/mol. The van der Waals surface area contributed by atoms with E-state index in [1.807, 2.05) is 12.3 Å². The van der Waals surface area contributed by atoms with Crippen LogP contribution in [0.2, 0.25) is 5.02 Å². The minimum absolute atomic E-state index is 0.0476. The van der Waals surface area contributed by atoms with Crippen LogP contribution in [0.3, 0.4) is 0 Å². The topological polar surface area (TPSA) is 68.3 Å². The molecule has 5 nitrogen and oxygen atoms in total. The summed E-state index contributed by atoms with van der Waals surface area (Å²) < 4.78 is 5.27. The Morgan fingerprint density at radius 1 is 1.33 bits per heavy atom. The van der Waals surface area contributed by atoms with E-state index >= 15 is 0 Å². The quantitative estimate of drug-likeness (QED) is 0.759. The SMILES string of the molecule is CCc1nc(COC(=O)CC(NC(C)=O)c2ccc(Cl)cc2)cs1. The number of aryl methyl sites for hydroxylation is 1. The number of amides is 1. The van der Waals surface area contributed by atoms with Crippen molar-refractivity contribution in [3.05, 3.63) is 50.9 Å². The van der Waals surface area contributed by atoms with E-state index in [1.165, 1.54) is 6.92 Å². The Morgan fingerprint density at radius 2 is 2.04 bits per heavy atom. The zero-order valence-electron chi connectivity index (χ0n) is 13.5. The van der Waals surface area contributed by atoms with Gasteiger partial charge in [-0.2, -0.15) is 0 Å². The number of hydrogen-bond donors (Lipinski definition) is 1. The molecule has 1 heterocycles. The van der Waals surface area contributed by atoms with E-state index < -0.39 is 12.0 Å². The van der Waals surface area contributed by atoms with Gasteiger partial charge in [0, 0.05) is 17.3 Å². The summed E-state index contributed by atoms with van der Waals surface area (Å²) in [4.78, 5) is 27.8. The number of rotatable bonds is 7. The molecule has 0 saturated carbocycles. The maximum Gasteiger partial charge on any atom is 0.308 e. The van der Waals surface area contributed by atoms with Gasteiger partial charge in [-0.1, -0.05) is 30.7 Å². The normalized spacial score (nSPS) is 11.8. The molecule has 1 aromatic carbocycles. The third kappa shape index (κ3) is 5.62. The van der Waals surface area contributed by atoms with Gasteiger partial charge in [0.05, 0.1) is 23.2 Å². The average Bonchev–Trinajstić information content (AvgIpc) is 3.01. The third-order valence-corrected chi connectivity index (χ3v) is 4.60. The molecule has 1 N–H and O–H groups in total. The fraction of sp³-hybridized carbons (Fsp3) is 0.353. The van der Waals surface area contributed by atoms with Crippen molar-refractivity contribution >= 4 is 34.8 Å². The number of hydrogen-bond acceptors (Lipinski definition) is 5. The molecular weight excluding hydrogens is 348 g/mol. The number of carbonyl (C=O) groups is 2. The van der Waals surface area contributed by atoms with Crippen molar-refractivity contribution in [1.82, 2.24) is 10.3 Å². The summed E-state index contributed by atoms with van der Waals surface area (Å²) >= 11 is 7.42. The fourth-order valence-corrected chi connectivity index (χ4v) is 3.01. The lowest BCUT2D eigenvalue weighted by Gasteiger charge is -2.17. The maximum atomic E-state index is 12.1. The molecule has 0 aliphatic heterocycles. The van der Waals surface area contributed by atoms with Crippen LogP contribution < -0.4 is 5.32 Å². The maximum absolute atomic E-state index is 12.1. The molecule has 0 aliphatic rings. The molecule has 1 aromatic heterocycles. The van der Waals surface area contributed by atoms with E-state index in [1.54, 1.807) is 35.6 Å². The lowest BCUT2D eigenvalue weighted by atomic mass is 10.0. The van der Waals surface area contributed by atoms with Crippen LogP contribution in [0.1, 0.15) is 42.6 Å². The van der Waals surface area contributed by atoms with Crippen LogP contribution >= 0.6 is 22.9 Å². The van der Waals surface area contributed by atoms with Gasteiger partial charge in [-0.25, -0.2) is 4.98 Å². The van der Waals surface area contributed by atoms with Crippen LogP contribution in [0.4, 0.5) is 0 Å². The van der Waals surface area contributed by atoms with Gasteiger partial charge in [0.1, 0.15) is 6.61 Å². The first-order valence-electron chi connectivity index (χ1n) is 7.59. The zero-order valence-corrected chi connectivity index (χ0v) is 15.1. The molecule has 2 rings (SSSR count). The molecule has 0 spiro atoms. The number of nitrogens with one attached hydrogen (secondary N) is 1. The Balaban J connectivity index is 1.96. The molecule has 0 fully saturated rings. The van der Waals surface area contributed by atoms with Gasteiger partial charge in [0.15, 0.2) is 0 Å². The van der Waals surface area contributed by atoms with Gasteiger partial charge in [-0.3, -0.25) is 9.59 Å². The minimum Gasteiger partial charge on any atom is -0.459 e. The highest BCUT2D eigenvalue weighted by Gasteiger charge is 2.18. The van der Waals surface area contributed by atoms with Crippen LogP contribution in [0.5, 0.6) is 0 Å². The van der Waals surface area contributed by atoms with E-state index in [-0.39, 0.29) is 18.9 Å². The molecule has 24 heavy (non-hydrogen) atoms. The number of carbonyl (C=O) groups excluding carboxylic acids is 2. The van der Waals surface area contributed by atoms with E-state index in [4.69, 9.17) is 16.3 Å². The Bertz CT molecular complexity index is 700. The molecule has 0 radical (unpaired) electrons. The molecule has 2 aromatic rings. The number of nitrogens with zero attached hydrogens (tertiary/aromatic N) is 1. The van der Waals surface area contributed by atoms with Crippen molar-refractivity contribution in [1.29, 1.82) is 0 Å². The first kappa shape index (κ1) is 18.4. The van der Waals surface area contributed by atoms with Crippen LogP contribution in [-0.2, 0) is 27.4 Å². The minimum atomic E-state index is -0.450. The summed E-state index contributed by atoms with van der Waals surface area (Å²) in [5, 5.41) is 6.25. The number of esters is 1. The molecule has 0 aliphatic carbocycles. The summed E-state index contributed by atoms with van der Waals surface area (Å²) in [5.74, 6) is -0.607. The second-order valence-corrected chi connectivity index (χ2v) is 6.63. The molecule has 1 unspecified atom stereocenters. The predicted octanol–water partition coefficient (Wildman–Crippen LogP) is 3.67. The number of halogens is 1. The number of benzene rings is 1. The van der Waals surface area contributed by atoms with Crippen molar-refractivity contribution in [3.8, 4) is 0 Å². The second-order valence-electron chi connectivity index (χ2n) is 5.26. The van der Waals surface area contributed by atoms with Gasteiger partial charge in [-0.05, 0) is 24.1 Å². The predicted molar refractivity (Wildman–Crippen MR) is 93.9 cm³/mol. The van der Waals surface area contributed by atoms with E-state index in [0.29, 0.717) is 5.02 Å². The fourth-order valence-electron chi connectivity index (χ4n) is 2.15. The molecule has 128 valence electrons. The van der Waals surface area contributed by atoms with E-state index in [9.17, 15) is 9.59 Å². The molecule has 1 atom stereocenters. The first-order valence-corrected chi connectivity index (χ1v) is 8.85. The van der Waals surface area contributed by atoms with Crippen molar-refractivity contribution in [3.63, 3.8) is 0 Å². The number of thiazole rings is 1. The van der Waals surface area contributed by atoms with Crippen molar-refractivity contribution in [2.75, 3.05) is 0 Å². The highest BCUT2D eigenvalue weighted by molar-refractivity contribution is 7.09. The molecule has 7 heteroatoms. The molecule has 0 saturated heterocycles. The van der Waals surface area contributed by atoms with Crippen LogP contribution in [0.15, 0.2) is 29.6 Å². The Morgan fingerprint density at radius 3 is 2.62 bits per heavy atom. The summed E-state index contributed by atoms with van der Waals surface area (Å²) in [7, 11) is 0. The van der Waals surface area contributed by atoms with Crippen LogP contribution in [-0.4, -0.2) is 16.9 Å². The van der Waals surface area contributed by atoms with E-state index in [0.717, 1.165) is 22.7 Å². The van der Waals surface area contributed by atoms with Crippen molar-refractivity contribution in [2.24, 2.45) is 0 Å². The molecule has 0 bridgehead atoms. The van der Waals surface area contributed by atoms with Gasteiger partial charge < -0.3 is 10.1 Å². The Hall–Kier alpha value is -1.92. The Kier molecular flexibility index (Phi) is 6.75. The smallest absolute Gasteiger partial charge is 0.308 e. The highest BCUT2D eigenvalue weighted by atomic mass is 35.5. The standard InChI is InChI=1S/C17H19ClN2O3S/c1-3-16-20-14(10-24-16)9-23-17(22)8-15(19-11(2)21)12-4-6-13(18)7-5-12/h4-7,10,15H,3,8-9H2,1-2H3,(H,19,21). The van der Waals surface area contributed by atoms with Crippen LogP contribution in [0, 0.1) is 0 Å². The highest BCUT2D eigenvalue weighted by Crippen LogP contribution is 2.20. The molecular formula is C17H19ClN2O3S. The zero-order chi connectivity index (χ0) is 17.5. The molecule has 1 amide bonds. The monoisotopic (exact) mass is 366 g/mol. The second kappa shape index (κ2) is 8.80. The number of aromatic nitrogens is 1.